The minimum absolute atomic E-state index is 0.0672. The second-order valence-electron chi connectivity index (χ2n) is 6.34. The van der Waals surface area contributed by atoms with E-state index < -0.39 is 0 Å². The van der Waals surface area contributed by atoms with E-state index >= 15 is 0 Å². The van der Waals surface area contributed by atoms with E-state index in [1.807, 2.05) is 48.5 Å². The Morgan fingerprint density at radius 1 is 0.800 bits per heavy atom. The van der Waals surface area contributed by atoms with E-state index in [2.05, 4.69) is 48.6 Å². The van der Waals surface area contributed by atoms with Crippen molar-refractivity contribution in [3.8, 4) is 0 Å². The molecule has 0 aromatic heterocycles. The lowest BCUT2D eigenvalue weighted by Crippen LogP contribution is -2.25. The summed E-state index contributed by atoms with van der Waals surface area (Å²) < 4.78 is 0. The van der Waals surface area contributed by atoms with Crippen molar-refractivity contribution in [2.75, 3.05) is 0 Å². The van der Waals surface area contributed by atoms with Crippen LogP contribution in [0.2, 0.25) is 0 Å². The third-order valence-corrected chi connectivity index (χ3v) is 4.40. The summed E-state index contributed by atoms with van der Waals surface area (Å²) in [6.45, 7) is 2.64. The summed E-state index contributed by atoms with van der Waals surface area (Å²) in [5.41, 5.74) is 4.68. The van der Waals surface area contributed by atoms with E-state index in [0.717, 1.165) is 5.56 Å². The van der Waals surface area contributed by atoms with E-state index in [4.69, 9.17) is 0 Å². The van der Waals surface area contributed by atoms with Gasteiger partial charge in [-0.25, -0.2) is 0 Å². The first kappa shape index (κ1) is 17.0. The van der Waals surface area contributed by atoms with Crippen LogP contribution in [0.25, 0.3) is 0 Å². The van der Waals surface area contributed by atoms with Crippen molar-refractivity contribution in [3.63, 3.8) is 0 Å². The molecule has 126 valence electrons. The molecule has 2 heteroatoms. The number of hydrogen-bond donors (Lipinski definition) is 1. The number of carbonyl (C=O) groups excluding carboxylic acids is 1. The normalized spacial score (nSPS) is 11.7. The van der Waals surface area contributed by atoms with Crippen LogP contribution < -0.4 is 5.32 Å². The van der Waals surface area contributed by atoms with Gasteiger partial charge in [-0.2, -0.15) is 0 Å². The quantitative estimate of drug-likeness (QED) is 0.689. The minimum Gasteiger partial charge on any atom is -0.352 e. The van der Waals surface area contributed by atoms with Gasteiger partial charge in [-0.05, 0) is 23.6 Å². The zero-order valence-corrected chi connectivity index (χ0v) is 14.5. The summed E-state index contributed by atoms with van der Waals surface area (Å²) in [5, 5.41) is 3.04. The van der Waals surface area contributed by atoms with Gasteiger partial charge in [0.05, 0.1) is 0 Å². The molecule has 0 saturated heterocycles. The van der Waals surface area contributed by atoms with E-state index in [9.17, 15) is 4.79 Å². The Morgan fingerprint density at radius 3 is 2.00 bits per heavy atom. The first-order valence-electron chi connectivity index (χ1n) is 8.64. The van der Waals surface area contributed by atoms with Crippen molar-refractivity contribution < 1.29 is 4.79 Å². The third kappa shape index (κ3) is 4.80. The molecule has 3 aromatic rings. The number of hydrogen-bond acceptors (Lipinski definition) is 1. The molecule has 1 N–H and O–H groups in total. The highest BCUT2D eigenvalue weighted by atomic mass is 16.1. The first-order valence-corrected chi connectivity index (χ1v) is 8.64. The van der Waals surface area contributed by atoms with Crippen LogP contribution in [0.4, 0.5) is 0 Å². The Kier molecular flexibility index (Phi) is 5.63. The average Bonchev–Trinajstić information content (AvgIpc) is 2.67. The van der Waals surface area contributed by atoms with Crippen LogP contribution in [0, 0.1) is 6.92 Å². The maximum Gasteiger partial charge on any atom is 0.221 e. The van der Waals surface area contributed by atoms with Gasteiger partial charge in [0.2, 0.25) is 5.91 Å². The lowest BCUT2D eigenvalue weighted by atomic mass is 9.88. The highest BCUT2D eigenvalue weighted by molar-refractivity contribution is 5.77. The van der Waals surface area contributed by atoms with Crippen molar-refractivity contribution in [1.82, 2.24) is 5.32 Å². The lowest BCUT2D eigenvalue weighted by Gasteiger charge is -2.18. The van der Waals surface area contributed by atoms with Gasteiger partial charge >= 0.3 is 0 Å². The molecule has 0 heterocycles. The summed E-state index contributed by atoms with van der Waals surface area (Å²) >= 11 is 0. The highest BCUT2D eigenvalue weighted by Gasteiger charge is 2.18. The monoisotopic (exact) mass is 329 g/mol. The Bertz CT molecular complexity index is 795. The molecule has 0 fully saturated rings. The minimum atomic E-state index is 0.0672. The van der Waals surface area contributed by atoms with Crippen LogP contribution in [-0.4, -0.2) is 5.91 Å². The SMILES string of the molecule is Cc1ccc([C@@H](CC(=O)NCc2ccccc2)c2ccccc2)cc1. The predicted molar refractivity (Wildman–Crippen MR) is 102 cm³/mol. The number of carbonyl (C=O) groups is 1. The van der Waals surface area contributed by atoms with E-state index in [-0.39, 0.29) is 11.8 Å². The fraction of sp³-hybridized carbons (Fsp3) is 0.174. The van der Waals surface area contributed by atoms with Crippen molar-refractivity contribution in [1.29, 1.82) is 0 Å². The summed E-state index contributed by atoms with van der Waals surface area (Å²) in [5.74, 6) is 0.135. The molecule has 0 bridgehead atoms. The maximum absolute atomic E-state index is 12.5. The topological polar surface area (TPSA) is 29.1 Å². The van der Waals surface area contributed by atoms with Gasteiger partial charge in [-0.3, -0.25) is 4.79 Å². The highest BCUT2D eigenvalue weighted by Crippen LogP contribution is 2.28. The molecule has 0 unspecified atom stereocenters. The second-order valence-corrected chi connectivity index (χ2v) is 6.34. The molecule has 1 atom stereocenters. The molecule has 25 heavy (non-hydrogen) atoms. The number of amides is 1. The molecule has 0 radical (unpaired) electrons. The molecule has 0 spiro atoms. The average molecular weight is 329 g/mol. The molecule has 0 aliphatic carbocycles. The van der Waals surface area contributed by atoms with Crippen molar-refractivity contribution in [2.24, 2.45) is 0 Å². The van der Waals surface area contributed by atoms with Crippen LogP contribution in [0.3, 0.4) is 0 Å². The summed E-state index contributed by atoms with van der Waals surface area (Å²) in [6, 6.07) is 28.7. The Labute approximate surface area is 149 Å². The van der Waals surface area contributed by atoms with Gasteiger partial charge in [-0.15, -0.1) is 0 Å². The summed E-state index contributed by atoms with van der Waals surface area (Å²) in [6.07, 6.45) is 0.444. The zero-order valence-electron chi connectivity index (χ0n) is 14.5. The number of rotatable bonds is 6. The van der Waals surface area contributed by atoms with Gasteiger partial charge < -0.3 is 5.32 Å². The first-order chi connectivity index (χ1) is 12.2. The molecule has 3 aromatic carbocycles. The van der Waals surface area contributed by atoms with Crippen molar-refractivity contribution in [3.05, 3.63) is 107 Å². The molecule has 3 rings (SSSR count). The number of benzene rings is 3. The molecule has 0 aliphatic heterocycles. The van der Waals surface area contributed by atoms with Crippen LogP contribution in [0.1, 0.15) is 34.6 Å². The zero-order chi connectivity index (χ0) is 17.5. The van der Waals surface area contributed by atoms with Gasteiger partial charge in [0.1, 0.15) is 0 Å². The van der Waals surface area contributed by atoms with E-state index in [1.165, 1.54) is 16.7 Å². The van der Waals surface area contributed by atoms with Crippen LogP contribution >= 0.6 is 0 Å². The molecular weight excluding hydrogens is 306 g/mol. The predicted octanol–water partition coefficient (Wildman–Crippen LogP) is 4.83. The van der Waals surface area contributed by atoms with Crippen LogP contribution in [0.15, 0.2) is 84.9 Å². The smallest absolute Gasteiger partial charge is 0.221 e. The standard InChI is InChI=1S/C23H23NO/c1-18-12-14-21(15-13-18)22(20-10-6-3-7-11-20)16-23(25)24-17-19-8-4-2-5-9-19/h2-15,22H,16-17H2,1H3,(H,24,25)/t22-/m0/s1. The van der Waals surface area contributed by atoms with Gasteiger partial charge in [0.15, 0.2) is 0 Å². The number of nitrogens with one attached hydrogen (secondary N) is 1. The molecule has 0 aliphatic rings. The molecule has 1 amide bonds. The molecular formula is C23H23NO. The van der Waals surface area contributed by atoms with Crippen molar-refractivity contribution in [2.45, 2.75) is 25.8 Å². The third-order valence-electron chi connectivity index (χ3n) is 4.40. The summed E-state index contributed by atoms with van der Waals surface area (Å²) in [7, 11) is 0. The van der Waals surface area contributed by atoms with Crippen molar-refractivity contribution >= 4 is 5.91 Å². The van der Waals surface area contributed by atoms with Gasteiger partial charge in [0.25, 0.3) is 0 Å². The Balaban J connectivity index is 1.73. The second kappa shape index (κ2) is 8.29. The number of aryl methyl sites for hydroxylation is 1. The largest absolute Gasteiger partial charge is 0.352 e. The fourth-order valence-corrected chi connectivity index (χ4v) is 2.97. The lowest BCUT2D eigenvalue weighted by molar-refractivity contribution is -0.121. The Morgan fingerprint density at radius 2 is 1.36 bits per heavy atom. The van der Waals surface area contributed by atoms with Crippen LogP contribution in [-0.2, 0) is 11.3 Å². The molecule has 0 saturated carbocycles. The van der Waals surface area contributed by atoms with Crippen LogP contribution in [0.5, 0.6) is 0 Å². The van der Waals surface area contributed by atoms with E-state index in [0.29, 0.717) is 13.0 Å². The van der Waals surface area contributed by atoms with Gasteiger partial charge in [0, 0.05) is 18.9 Å². The Hall–Kier alpha value is -2.87. The van der Waals surface area contributed by atoms with E-state index in [1.54, 1.807) is 0 Å². The summed E-state index contributed by atoms with van der Waals surface area (Å²) in [4.78, 5) is 12.5. The fourth-order valence-electron chi connectivity index (χ4n) is 2.97. The molecule has 2 nitrogen and oxygen atoms in total. The van der Waals surface area contributed by atoms with Gasteiger partial charge in [-0.1, -0.05) is 90.5 Å². The maximum atomic E-state index is 12.5.